The molecule has 0 unspecified atom stereocenters. The van der Waals surface area contributed by atoms with Crippen molar-refractivity contribution in [1.29, 1.82) is 0 Å². The number of carbonyl (C=O) groups is 1. The number of rotatable bonds is 1. The maximum absolute atomic E-state index is 12.0. The van der Waals surface area contributed by atoms with Crippen LogP contribution in [0.15, 0.2) is 39.9 Å². The number of aliphatic hydroxyl groups excluding tert-OH is 1. The topological polar surface area (TPSA) is 59.7 Å². The van der Waals surface area contributed by atoms with Crippen LogP contribution in [0.5, 0.6) is 0 Å². The number of carbonyl (C=O) groups excluding carboxylic acids is 1. The number of fused-ring (bicyclic) bond motifs is 3. The summed E-state index contributed by atoms with van der Waals surface area (Å²) in [6.45, 7) is 9.84. The van der Waals surface area contributed by atoms with E-state index in [1.807, 2.05) is 39.0 Å². The number of furan rings is 1. The highest BCUT2D eigenvalue weighted by molar-refractivity contribution is 5.90. The molecule has 1 N–H and O–H groups in total. The molecule has 4 bridgehead atoms. The molecule has 3 rings (SSSR count). The van der Waals surface area contributed by atoms with Gasteiger partial charge in [-0.05, 0) is 57.4 Å². The van der Waals surface area contributed by atoms with E-state index in [0.717, 1.165) is 16.7 Å². The van der Waals surface area contributed by atoms with Crippen molar-refractivity contribution in [1.82, 2.24) is 0 Å². The predicted molar refractivity (Wildman–Crippen MR) is 92.2 cm³/mol. The van der Waals surface area contributed by atoms with Gasteiger partial charge in [0, 0.05) is 17.9 Å². The zero-order valence-corrected chi connectivity index (χ0v) is 14.5. The Morgan fingerprint density at radius 3 is 2.83 bits per heavy atom. The summed E-state index contributed by atoms with van der Waals surface area (Å²) in [6, 6.07) is 1.94. The molecule has 4 heteroatoms. The molecule has 24 heavy (non-hydrogen) atoms. The van der Waals surface area contributed by atoms with Crippen LogP contribution < -0.4 is 0 Å². The minimum atomic E-state index is -0.764. The number of ether oxygens (including phenoxy) is 1. The minimum absolute atomic E-state index is 0.165. The second-order valence-corrected chi connectivity index (χ2v) is 6.96. The van der Waals surface area contributed by atoms with Gasteiger partial charge >= 0.3 is 5.97 Å². The van der Waals surface area contributed by atoms with E-state index in [4.69, 9.17) is 9.15 Å². The molecule has 4 nitrogen and oxygen atoms in total. The average molecular weight is 328 g/mol. The average Bonchev–Trinajstić information content (AvgIpc) is 3.01. The Balaban J connectivity index is 2.02. The van der Waals surface area contributed by atoms with E-state index in [9.17, 15) is 9.90 Å². The molecule has 1 aromatic rings. The maximum atomic E-state index is 12.0. The zero-order valence-electron chi connectivity index (χ0n) is 14.5. The molecule has 0 spiro atoms. The van der Waals surface area contributed by atoms with Crippen LogP contribution in [-0.2, 0) is 9.53 Å². The van der Waals surface area contributed by atoms with Gasteiger partial charge < -0.3 is 14.3 Å². The summed E-state index contributed by atoms with van der Waals surface area (Å²) in [5.74, 6) is 0.894. The van der Waals surface area contributed by atoms with Gasteiger partial charge in [-0.15, -0.1) is 0 Å². The molecule has 128 valence electrons. The Labute approximate surface area is 142 Å². The molecule has 0 radical (unpaired) electrons. The monoisotopic (exact) mass is 328 g/mol. The van der Waals surface area contributed by atoms with E-state index in [-0.39, 0.29) is 18.0 Å². The normalized spacial score (nSPS) is 29.5. The second kappa shape index (κ2) is 6.44. The highest BCUT2D eigenvalue weighted by Gasteiger charge is 2.30. The Morgan fingerprint density at radius 1 is 1.38 bits per heavy atom. The van der Waals surface area contributed by atoms with Crippen LogP contribution in [0.4, 0.5) is 0 Å². The fourth-order valence-corrected chi connectivity index (χ4v) is 3.50. The lowest BCUT2D eigenvalue weighted by atomic mass is 9.87. The van der Waals surface area contributed by atoms with Crippen LogP contribution in [0.1, 0.15) is 56.3 Å². The standard InChI is InChI=1S/C20H24O4/c1-11(2)17-6-5-14-10-16(24-20(14)22)8-12(3)7-15-9-13(4)19(23-15)18(17)21/h7,9-10,16-18,21H,1,5-6,8H2,2-4H3/b12-7+/t16-,17-,18-/m0/s1. The number of hydrogen-bond acceptors (Lipinski definition) is 4. The molecule has 0 fully saturated rings. The first-order chi connectivity index (χ1) is 11.3. The van der Waals surface area contributed by atoms with Gasteiger partial charge in [0.1, 0.15) is 23.7 Å². The van der Waals surface area contributed by atoms with Crippen molar-refractivity contribution in [2.45, 2.75) is 52.2 Å². The third-order valence-corrected chi connectivity index (χ3v) is 4.80. The SMILES string of the molecule is C=C(C)[C@@H]1CCC2=C[C@H](C/C(C)=C/c3cc(C)c(o3)[C@H]1O)OC2=O. The van der Waals surface area contributed by atoms with Crippen molar-refractivity contribution in [2.75, 3.05) is 0 Å². The molecule has 1 aromatic heterocycles. The molecule has 0 amide bonds. The molecule has 2 aliphatic rings. The first kappa shape index (κ1) is 16.8. The van der Waals surface area contributed by atoms with Crippen LogP contribution in [0.2, 0.25) is 0 Å². The second-order valence-electron chi connectivity index (χ2n) is 6.96. The molecule has 3 heterocycles. The van der Waals surface area contributed by atoms with Crippen molar-refractivity contribution < 1.29 is 19.1 Å². The van der Waals surface area contributed by atoms with Gasteiger partial charge in [0.2, 0.25) is 0 Å². The lowest BCUT2D eigenvalue weighted by molar-refractivity contribution is -0.139. The summed E-state index contributed by atoms with van der Waals surface area (Å²) in [6.07, 6.45) is 4.73. The van der Waals surface area contributed by atoms with Gasteiger partial charge in [-0.25, -0.2) is 4.79 Å². The lowest BCUT2D eigenvalue weighted by Gasteiger charge is -2.22. The van der Waals surface area contributed by atoms with Gasteiger partial charge in [0.15, 0.2) is 0 Å². The summed E-state index contributed by atoms with van der Waals surface area (Å²) in [5.41, 5.74) is 3.57. The van der Waals surface area contributed by atoms with Gasteiger partial charge in [0.25, 0.3) is 0 Å². The zero-order chi connectivity index (χ0) is 17.4. The molecule has 2 aliphatic heterocycles. The third-order valence-electron chi connectivity index (χ3n) is 4.80. The highest BCUT2D eigenvalue weighted by atomic mass is 16.5. The summed E-state index contributed by atoms with van der Waals surface area (Å²) in [7, 11) is 0. The van der Waals surface area contributed by atoms with Crippen LogP contribution in [0.25, 0.3) is 6.08 Å². The Bertz CT molecular complexity index is 735. The van der Waals surface area contributed by atoms with Crippen LogP contribution in [0, 0.1) is 12.8 Å². The summed E-state index contributed by atoms with van der Waals surface area (Å²) in [5, 5.41) is 10.8. The number of aliphatic hydroxyl groups is 1. The fraction of sp³-hybridized carbons (Fsp3) is 0.450. The molecule has 0 saturated carbocycles. The smallest absolute Gasteiger partial charge is 0.334 e. The Morgan fingerprint density at radius 2 is 2.12 bits per heavy atom. The van der Waals surface area contributed by atoms with E-state index < -0.39 is 6.10 Å². The van der Waals surface area contributed by atoms with Crippen molar-refractivity contribution >= 4 is 12.0 Å². The van der Waals surface area contributed by atoms with E-state index in [1.54, 1.807) is 0 Å². The van der Waals surface area contributed by atoms with Crippen molar-refractivity contribution in [2.24, 2.45) is 5.92 Å². The predicted octanol–water partition coefficient (Wildman–Crippen LogP) is 4.25. The minimum Gasteiger partial charge on any atom is -0.459 e. The number of esters is 1. The third kappa shape index (κ3) is 3.24. The summed E-state index contributed by atoms with van der Waals surface area (Å²) < 4.78 is 11.3. The molecular weight excluding hydrogens is 304 g/mol. The van der Waals surface area contributed by atoms with E-state index in [1.165, 1.54) is 0 Å². The van der Waals surface area contributed by atoms with E-state index in [0.29, 0.717) is 36.4 Å². The van der Waals surface area contributed by atoms with Crippen LogP contribution >= 0.6 is 0 Å². The largest absolute Gasteiger partial charge is 0.459 e. The van der Waals surface area contributed by atoms with Gasteiger partial charge in [-0.3, -0.25) is 0 Å². The van der Waals surface area contributed by atoms with Gasteiger partial charge in [-0.1, -0.05) is 17.7 Å². The first-order valence-corrected chi connectivity index (χ1v) is 8.37. The number of hydrogen-bond donors (Lipinski definition) is 1. The molecule has 0 aromatic carbocycles. The fourth-order valence-electron chi connectivity index (χ4n) is 3.50. The number of aryl methyl sites for hydroxylation is 1. The van der Waals surface area contributed by atoms with Crippen LogP contribution in [-0.4, -0.2) is 17.2 Å². The van der Waals surface area contributed by atoms with Gasteiger partial charge in [0.05, 0.1) is 0 Å². The van der Waals surface area contributed by atoms with Crippen molar-refractivity contribution in [3.63, 3.8) is 0 Å². The quantitative estimate of drug-likeness (QED) is 0.618. The van der Waals surface area contributed by atoms with Gasteiger partial charge in [-0.2, -0.15) is 0 Å². The molecule has 0 aliphatic carbocycles. The Kier molecular flexibility index (Phi) is 4.50. The van der Waals surface area contributed by atoms with Crippen molar-refractivity contribution in [3.8, 4) is 0 Å². The van der Waals surface area contributed by atoms with E-state index in [2.05, 4.69) is 6.58 Å². The maximum Gasteiger partial charge on any atom is 0.334 e. The molecule has 0 saturated heterocycles. The first-order valence-electron chi connectivity index (χ1n) is 8.37. The Hall–Kier alpha value is -2.07. The van der Waals surface area contributed by atoms with E-state index >= 15 is 0 Å². The molecular formula is C20H24O4. The van der Waals surface area contributed by atoms with Crippen LogP contribution in [0.3, 0.4) is 0 Å². The highest BCUT2D eigenvalue weighted by Crippen LogP contribution is 2.36. The molecule has 3 atom stereocenters. The lowest BCUT2D eigenvalue weighted by Crippen LogP contribution is -2.15. The summed E-state index contributed by atoms with van der Waals surface area (Å²) in [4.78, 5) is 12.0. The summed E-state index contributed by atoms with van der Waals surface area (Å²) >= 11 is 0. The van der Waals surface area contributed by atoms with Crippen molar-refractivity contribution in [3.05, 3.63) is 52.5 Å².